The summed E-state index contributed by atoms with van der Waals surface area (Å²) in [7, 11) is 1.55. The first-order chi connectivity index (χ1) is 18.4. The van der Waals surface area contributed by atoms with Crippen LogP contribution < -0.4 is 20.9 Å². The third kappa shape index (κ3) is 5.23. The highest BCUT2D eigenvalue weighted by atomic mass is 19.1. The summed E-state index contributed by atoms with van der Waals surface area (Å²) in [5.41, 5.74) is 6.75. The number of piperidine rings is 1. The quantitative estimate of drug-likeness (QED) is 0.432. The lowest BCUT2D eigenvalue weighted by Gasteiger charge is -2.47. The van der Waals surface area contributed by atoms with Gasteiger partial charge in [-0.05, 0) is 42.3 Å². The van der Waals surface area contributed by atoms with Gasteiger partial charge in [0.1, 0.15) is 23.6 Å². The third-order valence-corrected chi connectivity index (χ3v) is 7.50. The van der Waals surface area contributed by atoms with Crippen molar-refractivity contribution in [3.8, 4) is 0 Å². The molecular weight excluding hydrogens is 487 g/mol. The van der Waals surface area contributed by atoms with Gasteiger partial charge in [0.15, 0.2) is 0 Å². The Hall–Kier alpha value is -3.15. The van der Waals surface area contributed by atoms with Gasteiger partial charge in [-0.1, -0.05) is 13.8 Å². The van der Waals surface area contributed by atoms with Crippen LogP contribution in [-0.4, -0.2) is 84.3 Å². The number of nitrogens with zero attached hydrogens (tertiary/aromatic N) is 6. The predicted molar refractivity (Wildman–Crippen MR) is 147 cm³/mol. The van der Waals surface area contributed by atoms with Gasteiger partial charge in [-0.25, -0.2) is 19.3 Å². The van der Waals surface area contributed by atoms with E-state index in [1.807, 2.05) is 23.4 Å². The minimum atomic E-state index is -1.08. The van der Waals surface area contributed by atoms with Crippen molar-refractivity contribution in [3.05, 3.63) is 36.3 Å². The molecule has 0 spiro atoms. The molecule has 5 heterocycles. The number of halogens is 1. The van der Waals surface area contributed by atoms with Gasteiger partial charge >= 0.3 is 0 Å². The van der Waals surface area contributed by atoms with E-state index in [1.54, 1.807) is 19.4 Å². The summed E-state index contributed by atoms with van der Waals surface area (Å²) in [6.07, 6.45) is 4.79. The molecule has 0 amide bonds. The number of aromatic nitrogens is 4. The number of nitrogens with two attached hydrogens (primary N) is 1. The predicted octanol–water partition coefficient (Wildman–Crippen LogP) is 3.40. The zero-order valence-electron chi connectivity index (χ0n) is 22.5. The van der Waals surface area contributed by atoms with Crippen LogP contribution in [0.4, 0.5) is 27.8 Å². The standard InChI is InChI=1S/C27H37FN8O2/c1-16(2)19-12-32-26(36-15-23(17(36)3)38-10-7-29)20-13-31-25(11-18(19)20)33-24-5-8-30-27(34-24)35-9-6-22(37-4)21(28)14-35/h5,8,11-13,16-17,21-23H,6-7,9-10,14-15,29H2,1-4H3,(H,30,31,33,34)/t17-,21+,22-,23+/m1/s1. The minimum Gasteiger partial charge on any atom is -0.378 e. The van der Waals surface area contributed by atoms with Gasteiger partial charge in [0.25, 0.3) is 0 Å². The Morgan fingerprint density at radius 2 is 1.97 bits per heavy atom. The molecule has 0 aromatic carbocycles. The Bertz CT molecular complexity index is 1260. The molecule has 2 aliphatic heterocycles. The highest BCUT2D eigenvalue weighted by molar-refractivity contribution is 5.96. The summed E-state index contributed by atoms with van der Waals surface area (Å²) >= 11 is 0. The molecule has 0 saturated carbocycles. The average Bonchev–Trinajstić information content (AvgIpc) is 2.92. The van der Waals surface area contributed by atoms with Crippen molar-refractivity contribution >= 4 is 34.2 Å². The Morgan fingerprint density at radius 3 is 2.68 bits per heavy atom. The second-order valence-corrected chi connectivity index (χ2v) is 10.3. The number of hydrogen-bond donors (Lipinski definition) is 2. The van der Waals surface area contributed by atoms with Gasteiger partial charge < -0.3 is 30.3 Å². The maximum atomic E-state index is 14.4. The monoisotopic (exact) mass is 524 g/mol. The van der Waals surface area contributed by atoms with Crippen molar-refractivity contribution in [2.75, 3.05) is 55.0 Å². The molecule has 3 aromatic heterocycles. The molecule has 2 aliphatic rings. The van der Waals surface area contributed by atoms with Gasteiger partial charge in [-0.15, -0.1) is 0 Å². The van der Waals surface area contributed by atoms with E-state index in [0.717, 1.165) is 28.7 Å². The van der Waals surface area contributed by atoms with Crippen molar-refractivity contribution < 1.29 is 13.9 Å². The van der Waals surface area contributed by atoms with Gasteiger partial charge in [0.05, 0.1) is 31.4 Å². The minimum absolute atomic E-state index is 0.147. The molecular formula is C27H37FN8O2. The number of methoxy groups -OCH3 is 1. The van der Waals surface area contributed by atoms with E-state index in [2.05, 4.69) is 41.0 Å². The molecule has 11 heteroatoms. The van der Waals surface area contributed by atoms with Crippen LogP contribution in [0, 0.1) is 0 Å². The number of fused-ring (bicyclic) bond motifs is 1. The van der Waals surface area contributed by atoms with Gasteiger partial charge in [0, 0.05) is 50.7 Å². The highest BCUT2D eigenvalue weighted by Crippen LogP contribution is 2.36. The van der Waals surface area contributed by atoms with E-state index >= 15 is 0 Å². The molecule has 2 fully saturated rings. The lowest BCUT2D eigenvalue weighted by Crippen LogP contribution is -2.60. The van der Waals surface area contributed by atoms with Crippen LogP contribution in [0.3, 0.4) is 0 Å². The summed E-state index contributed by atoms with van der Waals surface area (Å²) < 4.78 is 25.5. The first kappa shape index (κ1) is 26.5. The number of hydrogen-bond acceptors (Lipinski definition) is 10. The molecule has 4 atom stereocenters. The Morgan fingerprint density at radius 1 is 1.13 bits per heavy atom. The van der Waals surface area contributed by atoms with Gasteiger partial charge in [-0.3, -0.25) is 0 Å². The Labute approximate surface area is 222 Å². The van der Waals surface area contributed by atoms with Crippen molar-refractivity contribution in [1.82, 2.24) is 19.9 Å². The Balaban J connectivity index is 1.38. The van der Waals surface area contributed by atoms with Crippen LogP contribution in [0.1, 0.15) is 38.7 Å². The smallest absolute Gasteiger partial charge is 0.227 e. The molecule has 204 valence electrons. The van der Waals surface area contributed by atoms with Crippen molar-refractivity contribution in [2.24, 2.45) is 5.73 Å². The molecule has 0 bridgehead atoms. The zero-order chi connectivity index (χ0) is 26.8. The summed E-state index contributed by atoms with van der Waals surface area (Å²) in [6.45, 7) is 9.16. The lowest BCUT2D eigenvalue weighted by atomic mass is 9.96. The number of anilines is 4. The van der Waals surface area contributed by atoms with Crippen molar-refractivity contribution in [3.63, 3.8) is 0 Å². The second-order valence-electron chi connectivity index (χ2n) is 10.3. The second kappa shape index (κ2) is 11.3. The largest absolute Gasteiger partial charge is 0.378 e. The first-order valence-corrected chi connectivity index (χ1v) is 13.3. The molecule has 3 N–H and O–H groups in total. The molecule has 0 unspecified atom stereocenters. The number of nitrogens with one attached hydrogen (secondary N) is 1. The fraction of sp³-hybridized carbons (Fsp3) is 0.556. The zero-order valence-corrected chi connectivity index (χ0v) is 22.5. The molecule has 0 radical (unpaired) electrons. The van der Waals surface area contributed by atoms with E-state index in [0.29, 0.717) is 43.7 Å². The van der Waals surface area contributed by atoms with E-state index < -0.39 is 6.17 Å². The van der Waals surface area contributed by atoms with Crippen LogP contribution in [0.15, 0.2) is 30.7 Å². The van der Waals surface area contributed by atoms with Crippen molar-refractivity contribution in [2.45, 2.75) is 57.5 Å². The van der Waals surface area contributed by atoms with Crippen LogP contribution in [-0.2, 0) is 9.47 Å². The van der Waals surface area contributed by atoms with Crippen LogP contribution in [0.2, 0.25) is 0 Å². The topological polar surface area (TPSA) is 115 Å². The van der Waals surface area contributed by atoms with E-state index in [9.17, 15) is 4.39 Å². The van der Waals surface area contributed by atoms with Gasteiger partial charge in [0.2, 0.25) is 5.95 Å². The van der Waals surface area contributed by atoms with Crippen LogP contribution in [0.25, 0.3) is 10.8 Å². The normalized spacial score (nSPS) is 23.7. The number of pyridine rings is 2. The summed E-state index contributed by atoms with van der Waals surface area (Å²) in [4.78, 5) is 22.6. The maximum Gasteiger partial charge on any atom is 0.227 e. The Kier molecular flexibility index (Phi) is 7.87. The maximum absolute atomic E-state index is 14.4. The van der Waals surface area contributed by atoms with Crippen LogP contribution in [0.5, 0.6) is 0 Å². The van der Waals surface area contributed by atoms with Crippen LogP contribution >= 0.6 is 0 Å². The summed E-state index contributed by atoms with van der Waals surface area (Å²) in [6, 6.07) is 4.04. The molecule has 2 saturated heterocycles. The van der Waals surface area contributed by atoms with E-state index in [4.69, 9.17) is 25.2 Å². The van der Waals surface area contributed by atoms with Gasteiger partial charge in [-0.2, -0.15) is 4.98 Å². The van der Waals surface area contributed by atoms with E-state index in [-0.39, 0.29) is 30.7 Å². The lowest BCUT2D eigenvalue weighted by molar-refractivity contribution is 0.0113. The number of alkyl halides is 1. The highest BCUT2D eigenvalue weighted by Gasteiger charge is 2.38. The molecule has 10 nitrogen and oxygen atoms in total. The third-order valence-electron chi connectivity index (χ3n) is 7.50. The SMILES string of the molecule is CO[C@@H]1CCN(c2nccc(Nc3cc4c(C(C)C)cnc(N5C[C@H](OCCN)[C@H]5C)c4cn3)n2)C[C@@H]1F. The number of rotatable bonds is 9. The summed E-state index contributed by atoms with van der Waals surface area (Å²) in [5.74, 6) is 2.96. The fourth-order valence-corrected chi connectivity index (χ4v) is 5.20. The molecule has 38 heavy (non-hydrogen) atoms. The molecule has 5 rings (SSSR count). The first-order valence-electron chi connectivity index (χ1n) is 13.3. The number of ether oxygens (including phenoxy) is 2. The van der Waals surface area contributed by atoms with Crippen molar-refractivity contribution in [1.29, 1.82) is 0 Å². The fourth-order valence-electron chi connectivity index (χ4n) is 5.20. The molecule has 0 aliphatic carbocycles. The summed E-state index contributed by atoms with van der Waals surface area (Å²) in [5, 5.41) is 5.41. The average molecular weight is 525 g/mol. The molecule has 3 aromatic rings. The van der Waals surface area contributed by atoms with E-state index in [1.165, 1.54) is 0 Å².